The van der Waals surface area contributed by atoms with Gasteiger partial charge in [0.25, 0.3) is 0 Å². The smallest absolute Gasteiger partial charge is 0.228 e. The normalized spacial score (nSPS) is 14.1. The lowest BCUT2D eigenvalue weighted by Gasteiger charge is -2.29. The Labute approximate surface area is 217 Å². The summed E-state index contributed by atoms with van der Waals surface area (Å²) in [6.07, 6.45) is 1.59. The van der Waals surface area contributed by atoms with E-state index >= 15 is 0 Å². The fourth-order valence-electron chi connectivity index (χ4n) is 5.25. The largest absolute Gasteiger partial charge is 0.507 e. The lowest BCUT2D eigenvalue weighted by molar-refractivity contribution is 0.354. The number of ether oxygens (including phenoxy) is 3. The Morgan fingerprint density at radius 2 is 1.68 bits per heavy atom. The van der Waals surface area contributed by atoms with Gasteiger partial charge in [0.15, 0.2) is 23.0 Å². The molecule has 0 spiro atoms. The minimum atomic E-state index is -0.294. The van der Waals surface area contributed by atoms with Crippen LogP contribution in [0.2, 0.25) is 0 Å². The van der Waals surface area contributed by atoms with Gasteiger partial charge >= 0.3 is 0 Å². The number of phenolic OH excluding ortho intramolecular Hbond substituents is 1. The van der Waals surface area contributed by atoms with Crippen LogP contribution in [0, 0.1) is 0 Å². The van der Waals surface area contributed by atoms with E-state index in [1.54, 1.807) is 43.3 Å². The molecule has 2 aromatic heterocycles. The maximum absolute atomic E-state index is 10.5. The average Bonchev–Trinajstić information content (AvgIpc) is 3.40. The molecular formula is C30H22N4O4. The van der Waals surface area contributed by atoms with Gasteiger partial charge in [-0.2, -0.15) is 0 Å². The number of para-hydroxylation sites is 1. The second kappa shape index (κ2) is 8.48. The third kappa shape index (κ3) is 3.27. The van der Waals surface area contributed by atoms with Gasteiger partial charge in [0.05, 0.1) is 25.3 Å². The number of rotatable bonds is 4. The van der Waals surface area contributed by atoms with E-state index in [0.29, 0.717) is 34.4 Å². The predicted molar refractivity (Wildman–Crippen MR) is 142 cm³/mol. The Balaban J connectivity index is 1.54. The van der Waals surface area contributed by atoms with Crippen molar-refractivity contribution in [3.63, 3.8) is 0 Å². The third-order valence-corrected chi connectivity index (χ3v) is 6.99. The van der Waals surface area contributed by atoms with Gasteiger partial charge in [-0.05, 0) is 46.7 Å². The molecule has 1 N–H and O–H groups in total. The van der Waals surface area contributed by atoms with E-state index in [0.717, 1.165) is 33.2 Å². The van der Waals surface area contributed by atoms with Crippen molar-refractivity contribution in [3.8, 4) is 40.3 Å². The van der Waals surface area contributed by atoms with Crippen LogP contribution >= 0.6 is 0 Å². The third-order valence-electron chi connectivity index (χ3n) is 6.99. The molecule has 0 aliphatic carbocycles. The van der Waals surface area contributed by atoms with Crippen molar-refractivity contribution < 1.29 is 19.3 Å². The molecule has 6 aromatic rings. The van der Waals surface area contributed by atoms with E-state index in [1.807, 2.05) is 42.5 Å². The highest BCUT2D eigenvalue weighted by Gasteiger charge is 2.35. The maximum Gasteiger partial charge on any atom is 0.228 e. The van der Waals surface area contributed by atoms with Crippen molar-refractivity contribution in [3.05, 3.63) is 102 Å². The van der Waals surface area contributed by atoms with Crippen LogP contribution in [-0.2, 0) is 0 Å². The molecule has 1 aliphatic rings. The van der Waals surface area contributed by atoms with Crippen molar-refractivity contribution in [2.75, 3.05) is 14.2 Å². The van der Waals surface area contributed by atoms with Gasteiger partial charge in [-0.25, -0.2) is 14.5 Å². The highest BCUT2D eigenvalue weighted by atomic mass is 16.5. The van der Waals surface area contributed by atoms with Gasteiger partial charge in [0, 0.05) is 11.5 Å². The second-order valence-electron chi connectivity index (χ2n) is 9.03. The molecule has 186 valence electrons. The van der Waals surface area contributed by atoms with Crippen molar-refractivity contribution in [2.45, 2.75) is 5.92 Å². The van der Waals surface area contributed by atoms with Crippen molar-refractivity contribution in [1.29, 1.82) is 0 Å². The Morgan fingerprint density at radius 3 is 2.53 bits per heavy atom. The number of phenols is 1. The van der Waals surface area contributed by atoms with E-state index in [2.05, 4.69) is 28.3 Å². The van der Waals surface area contributed by atoms with Crippen molar-refractivity contribution >= 4 is 16.4 Å². The molecule has 0 bridgehead atoms. The van der Waals surface area contributed by atoms with Crippen LogP contribution in [0.1, 0.15) is 22.6 Å². The van der Waals surface area contributed by atoms with Gasteiger partial charge in [-0.1, -0.05) is 48.5 Å². The summed E-state index contributed by atoms with van der Waals surface area (Å²) in [7, 11) is 3.24. The molecule has 0 radical (unpaired) electrons. The summed E-state index contributed by atoms with van der Waals surface area (Å²) in [6.45, 7) is 0. The second-order valence-corrected chi connectivity index (χ2v) is 9.03. The number of aromatic hydroxyl groups is 1. The van der Waals surface area contributed by atoms with Gasteiger partial charge in [0.2, 0.25) is 5.88 Å². The quantitative estimate of drug-likeness (QED) is 0.318. The molecule has 1 aliphatic heterocycles. The fraction of sp³-hybridized carbons (Fsp3) is 0.100. The monoisotopic (exact) mass is 502 g/mol. The molecule has 7 rings (SSSR count). The van der Waals surface area contributed by atoms with Crippen LogP contribution < -0.4 is 14.2 Å². The highest BCUT2D eigenvalue weighted by Crippen LogP contribution is 2.51. The van der Waals surface area contributed by atoms with Crippen LogP contribution in [0.5, 0.6) is 28.9 Å². The van der Waals surface area contributed by atoms with E-state index in [1.165, 1.54) is 0 Å². The number of methoxy groups -OCH3 is 2. The zero-order valence-electron chi connectivity index (χ0n) is 20.6. The van der Waals surface area contributed by atoms with E-state index in [4.69, 9.17) is 19.2 Å². The molecule has 8 heteroatoms. The van der Waals surface area contributed by atoms with Crippen molar-refractivity contribution in [2.24, 2.45) is 0 Å². The van der Waals surface area contributed by atoms with Crippen LogP contribution in [0.15, 0.2) is 85.2 Å². The highest BCUT2D eigenvalue weighted by molar-refractivity contribution is 5.91. The fourth-order valence-corrected chi connectivity index (χ4v) is 5.25. The van der Waals surface area contributed by atoms with Gasteiger partial charge < -0.3 is 19.3 Å². The van der Waals surface area contributed by atoms with Crippen LogP contribution in [0.4, 0.5) is 0 Å². The molecular weight excluding hydrogens is 480 g/mol. The lowest BCUT2D eigenvalue weighted by Crippen LogP contribution is -2.15. The SMILES string of the molecule is COc1ccc([C@@H]2c3c(ccc4ccccc34)Oc3ncn4nc(-c5ccccc5O)nc4c32)cc1OC. The molecule has 3 heterocycles. The number of benzene rings is 4. The minimum Gasteiger partial charge on any atom is -0.507 e. The number of aromatic nitrogens is 4. The topological polar surface area (TPSA) is 91.0 Å². The van der Waals surface area contributed by atoms with Crippen molar-refractivity contribution in [1.82, 2.24) is 19.6 Å². The molecule has 0 saturated heterocycles. The Kier molecular flexibility index (Phi) is 4.94. The summed E-state index contributed by atoms with van der Waals surface area (Å²) in [6, 6.07) is 25.2. The number of hydrogen-bond acceptors (Lipinski definition) is 7. The van der Waals surface area contributed by atoms with Gasteiger partial charge in [0.1, 0.15) is 17.8 Å². The molecule has 8 nitrogen and oxygen atoms in total. The minimum absolute atomic E-state index is 0.106. The summed E-state index contributed by atoms with van der Waals surface area (Å²) in [5.41, 5.74) is 3.87. The molecule has 0 unspecified atom stereocenters. The van der Waals surface area contributed by atoms with E-state index in [-0.39, 0.29) is 11.7 Å². The molecule has 1 atom stereocenters. The first kappa shape index (κ1) is 22.1. The Hall–Kier alpha value is -5.11. The standard InChI is InChI=1S/C30H22N4O4/c1-36-22-13-12-18(15-24(22)37-2)25-26-19-8-4-3-7-17(19)11-14-23(26)38-30-27(25)29-32-28(33-34(29)16-31-30)20-9-5-6-10-21(20)35/h3-16,25,35H,1-2H3/t25-/m1/s1. The lowest BCUT2D eigenvalue weighted by atomic mass is 9.81. The number of nitrogens with zero attached hydrogens (tertiary/aromatic N) is 4. The first-order chi connectivity index (χ1) is 18.7. The summed E-state index contributed by atoms with van der Waals surface area (Å²) >= 11 is 0. The summed E-state index contributed by atoms with van der Waals surface area (Å²) in [4.78, 5) is 9.51. The summed E-state index contributed by atoms with van der Waals surface area (Å²) in [5.74, 6) is 2.66. The van der Waals surface area contributed by atoms with E-state index in [9.17, 15) is 5.11 Å². The molecule has 0 fully saturated rings. The first-order valence-corrected chi connectivity index (χ1v) is 12.1. The summed E-state index contributed by atoms with van der Waals surface area (Å²) in [5, 5.41) is 17.3. The van der Waals surface area contributed by atoms with Gasteiger partial charge in [-0.3, -0.25) is 0 Å². The number of fused-ring (bicyclic) bond motifs is 6. The Bertz CT molecular complexity index is 1860. The van der Waals surface area contributed by atoms with Crippen LogP contribution in [0.25, 0.3) is 27.8 Å². The Morgan fingerprint density at radius 1 is 0.868 bits per heavy atom. The molecule has 0 saturated carbocycles. The van der Waals surface area contributed by atoms with Crippen LogP contribution in [0.3, 0.4) is 0 Å². The predicted octanol–water partition coefficient (Wildman–Crippen LogP) is 5.95. The average molecular weight is 503 g/mol. The molecule has 0 amide bonds. The van der Waals surface area contributed by atoms with Gasteiger partial charge in [-0.15, -0.1) is 5.10 Å². The molecule has 38 heavy (non-hydrogen) atoms. The van der Waals surface area contributed by atoms with Crippen LogP contribution in [-0.4, -0.2) is 38.9 Å². The summed E-state index contributed by atoms with van der Waals surface area (Å²) < 4.78 is 19.2. The van der Waals surface area contributed by atoms with E-state index < -0.39 is 0 Å². The maximum atomic E-state index is 10.5. The zero-order valence-corrected chi connectivity index (χ0v) is 20.6. The molecule has 4 aromatic carbocycles. The number of hydrogen-bond donors (Lipinski definition) is 1. The first-order valence-electron chi connectivity index (χ1n) is 12.1. The zero-order chi connectivity index (χ0) is 25.8.